The van der Waals surface area contributed by atoms with Gasteiger partial charge >= 0.3 is 0 Å². The summed E-state index contributed by atoms with van der Waals surface area (Å²) in [6.07, 6.45) is 2.62. The second-order valence-electron chi connectivity index (χ2n) is 6.57. The maximum Gasteiger partial charge on any atom is 0.153 e. The highest BCUT2D eigenvalue weighted by Gasteiger charge is 2.22. The number of nitrogens with zero attached hydrogens (tertiary/aromatic N) is 4. The van der Waals surface area contributed by atoms with Crippen LogP contribution in [0, 0.1) is 5.82 Å². The molecule has 1 aliphatic heterocycles. The Kier molecular flexibility index (Phi) is 4.84. The van der Waals surface area contributed by atoms with Gasteiger partial charge in [-0.15, -0.1) is 0 Å². The minimum absolute atomic E-state index is 0.151. The van der Waals surface area contributed by atoms with Crippen LogP contribution in [-0.2, 0) is 16.5 Å². The standard InChI is InChI=1S/C19H18F2N4O2S/c20-11-18-17(13-23-25(18)19-6-3-15(21)12-22-19)14-1-4-16(5-2-14)24-7-9-28(26,27)10-8-24/h1-6,12-13H,7-11H2. The number of hydrogen-bond donors (Lipinski definition) is 0. The predicted octanol–water partition coefficient (Wildman–Crippen LogP) is 2.78. The van der Waals surface area contributed by atoms with Crippen molar-refractivity contribution in [3.8, 4) is 16.9 Å². The Morgan fingerprint density at radius 1 is 1.00 bits per heavy atom. The van der Waals surface area contributed by atoms with Crippen LogP contribution in [0.25, 0.3) is 16.9 Å². The van der Waals surface area contributed by atoms with Crippen LogP contribution in [-0.4, -0.2) is 47.8 Å². The first kappa shape index (κ1) is 18.5. The molecule has 28 heavy (non-hydrogen) atoms. The molecule has 2 aromatic heterocycles. The van der Waals surface area contributed by atoms with E-state index in [0.29, 0.717) is 30.2 Å². The fraction of sp³-hybridized carbons (Fsp3) is 0.263. The van der Waals surface area contributed by atoms with Gasteiger partial charge in [-0.1, -0.05) is 12.1 Å². The molecule has 6 nitrogen and oxygen atoms in total. The predicted molar refractivity (Wildman–Crippen MR) is 102 cm³/mol. The average molecular weight is 404 g/mol. The van der Waals surface area contributed by atoms with Crippen LogP contribution >= 0.6 is 0 Å². The van der Waals surface area contributed by atoms with Crippen molar-refractivity contribution in [2.45, 2.75) is 6.67 Å². The van der Waals surface area contributed by atoms with Crippen LogP contribution in [0.5, 0.6) is 0 Å². The van der Waals surface area contributed by atoms with E-state index in [-0.39, 0.29) is 11.5 Å². The first-order chi connectivity index (χ1) is 13.5. The van der Waals surface area contributed by atoms with E-state index in [1.165, 1.54) is 16.8 Å². The second-order valence-corrected chi connectivity index (χ2v) is 8.87. The minimum atomic E-state index is -2.93. The maximum absolute atomic E-state index is 13.7. The van der Waals surface area contributed by atoms with Crippen molar-refractivity contribution in [3.63, 3.8) is 0 Å². The van der Waals surface area contributed by atoms with Gasteiger partial charge in [0.05, 0.1) is 29.6 Å². The molecular weight excluding hydrogens is 386 g/mol. The third-order valence-electron chi connectivity index (χ3n) is 4.81. The number of benzene rings is 1. The molecule has 3 heterocycles. The van der Waals surface area contributed by atoms with Gasteiger partial charge in [-0.05, 0) is 29.8 Å². The molecule has 146 valence electrons. The Balaban J connectivity index is 1.60. The monoisotopic (exact) mass is 404 g/mol. The normalized spacial score (nSPS) is 16.3. The second kappa shape index (κ2) is 7.31. The summed E-state index contributed by atoms with van der Waals surface area (Å²) in [5.41, 5.74) is 2.67. The van der Waals surface area contributed by atoms with Crippen molar-refractivity contribution < 1.29 is 17.2 Å². The summed E-state index contributed by atoms with van der Waals surface area (Å²) in [6.45, 7) is 0.178. The van der Waals surface area contributed by atoms with E-state index in [9.17, 15) is 17.2 Å². The Hall–Kier alpha value is -2.81. The highest BCUT2D eigenvalue weighted by Crippen LogP contribution is 2.28. The molecule has 0 radical (unpaired) electrons. The molecule has 0 saturated carbocycles. The fourth-order valence-corrected chi connectivity index (χ4v) is 4.46. The largest absolute Gasteiger partial charge is 0.369 e. The molecule has 0 unspecified atom stereocenters. The van der Waals surface area contributed by atoms with Crippen molar-refractivity contribution >= 4 is 15.5 Å². The van der Waals surface area contributed by atoms with Crippen LogP contribution in [0.3, 0.4) is 0 Å². The summed E-state index contributed by atoms with van der Waals surface area (Å²) >= 11 is 0. The molecule has 0 amide bonds. The molecule has 0 aliphatic carbocycles. The van der Waals surface area contributed by atoms with Gasteiger partial charge in [-0.25, -0.2) is 26.9 Å². The lowest BCUT2D eigenvalue weighted by Crippen LogP contribution is -2.40. The van der Waals surface area contributed by atoms with Crippen LogP contribution in [0.15, 0.2) is 48.8 Å². The van der Waals surface area contributed by atoms with Crippen molar-refractivity contribution in [2.24, 2.45) is 0 Å². The Morgan fingerprint density at radius 2 is 1.71 bits per heavy atom. The molecule has 0 spiro atoms. The lowest BCUT2D eigenvalue weighted by molar-refractivity contribution is 0.466. The number of alkyl halides is 1. The molecule has 1 aromatic carbocycles. The average Bonchev–Trinajstić information content (AvgIpc) is 3.13. The maximum atomic E-state index is 13.7. The summed E-state index contributed by atoms with van der Waals surface area (Å²) in [4.78, 5) is 5.97. The zero-order chi connectivity index (χ0) is 19.7. The molecule has 1 fully saturated rings. The van der Waals surface area contributed by atoms with E-state index in [1.807, 2.05) is 29.2 Å². The molecule has 4 rings (SSSR count). The van der Waals surface area contributed by atoms with E-state index < -0.39 is 22.3 Å². The number of halogens is 2. The van der Waals surface area contributed by atoms with Gasteiger partial charge in [-0.3, -0.25) is 0 Å². The van der Waals surface area contributed by atoms with E-state index in [1.54, 1.807) is 6.20 Å². The first-order valence-electron chi connectivity index (χ1n) is 8.77. The van der Waals surface area contributed by atoms with Gasteiger partial charge in [0.25, 0.3) is 0 Å². The molecule has 0 bridgehead atoms. The number of anilines is 1. The molecule has 9 heteroatoms. The molecular formula is C19H18F2N4O2S. The van der Waals surface area contributed by atoms with Gasteiger partial charge in [0.15, 0.2) is 15.7 Å². The van der Waals surface area contributed by atoms with E-state index in [0.717, 1.165) is 17.4 Å². The summed E-state index contributed by atoms with van der Waals surface area (Å²) in [5, 5.41) is 4.21. The van der Waals surface area contributed by atoms with E-state index in [4.69, 9.17) is 0 Å². The number of rotatable bonds is 4. The van der Waals surface area contributed by atoms with Crippen LogP contribution in [0.1, 0.15) is 5.69 Å². The number of aromatic nitrogens is 3. The molecule has 0 atom stereocenters. The first-order valence-corrected chi connectivity index (χ1v) is 10.6. The Bertz CT molecular complexity index is 1070. The number of sulfone groups is 1. The van der Waals surface area contributed by atoms with Crippen molar-refractivity contribution in [3.05, 3.63) is 60.3 Å². The fourth-order valence-electron chi connectivity index (χ4n) is 3.26. The molecule has 1 saturated heterocycles. The SMILES string of the molecule is O=S1(=O)CCN(c2ccc(-c3cnn(-c4ccc(F)cn4)c3CF)cc2)CC1. The highest BCUT2D eigenvalue weighted by atomic mass is 32.2. The third-order valence-corrected chi connectivity index (χ3v) is 6.42. The van der Waals surface area contributed by atoms with E-state index in [2.05, 4.69) is 10.1 Å². The van der Waals surface area contributed by atoms with Gasteiger partial charge in [-0.2, -0.15) is 5.10 Å². The van der Waals surface area contributed by atoms with Crippen molar-refractivity contribution in [2.75, 3.05) is 29.5 Å². The molecule has 0 N–H and O–H groups in total. The summed E-state index contributed by atoms with van der Waals surface area (Å²) in [7, 11) is -2.93. The minimum Gasteiger partial charge on any atom is -0.369 e. The van der Waals surface area contributed by atoms with Gasteiger partial charge in [0.2, 0.25) is 0 Å². The highest BCUT2D eigenvalue weighted by molar-refractivity contribution is 7.91. The zero-order valence-electron chi connectivity index (χ0n) is 14.9. The smallest absolute Gasteiger partial charge is 0.153 e. The summed E-state index contributed by atoms with van der Waals surface area (Å²) in [5.74, 6) is 0.168. The van der Waals surface area contributed by atoms with Gasteiger partial charge < -0.3 is 4.90 Å². The summed E-state index contributed by atoms with van der Waals surface area (Å²) in [6, 6.07) is 10.2. The molecule has 1 aliphatic rings. The lowest BCUT2D eigenvalue weighted by Gasteiger charge is -2.28. The third kappa shape index (κ3) is 3.62. The summed E-state index contributed by atoms with van der Waals surface area (Å²) < 4.78 is 51.3. The van der Waals surface area contributed by atoms with Crippen LogP contribution in [0.2, 0.25) is 0 Å². The van der Waals surface area contributed by atoms with Crippen molar-refractivity contribution in [1.29, 1.82) is 0 Å². The Labute approximate surface area is 161 Å². The van der Waals surface area contributed by atoms with Crippen molar-refractivity contribution in [1.82, 2.24) is 14.8 Å². The van der Waals surface area contributed by atoms with Gasteiger partial charge in [0.1, 0.15) is 12.5 Å². The number of pyridine rings is 1. The number of hydrogen-bond acceptors (Lipinski definition) is 5. The molecule has 3 aromatic rings. The topological polar surface area (TPSA) is 68.1 Å². The zero-order valence-corrected chi connectivity index (χ0v) is 15.7. The van der Waals surface area contributed by atoms with Crippen LogP contribution < -0.4 is 4.90 Å². The lowest BCUT2D eigenvalue weighted by atomic mass is 10.1. The van der Waals surface area contributed by atoms with Crippen LogP contribution in [0.4, 0.5) is 14.5 Å². The quantitative estimate of drug-likeness (QED) is 0.669. The Morgan fingerprint density at radius 3 is 2.32 bits per heavy atom. The van der Waals surface area contributed by atoms with Gasteiger partial charge in [0, 0.05) is 24.3 Å². The van der Waals surface area contributed by atoms with E-state index >= 15 is 0 Å².